The van der Waals surface area contributed by atoms with Crippen molar-refractivity contribution in [1.29, 1.82) is 0 Å². The van der Waals surface area contributed by atoms with Gasteiger partial charge in [-0.2, -0.15) is 0 Å². The van der Waals surface area contributed by atoms with Crippen molar-refractivity contribution in [3.8, 4) is 0 Å². The number of rotatable bonds is 8. The lowest BCUT2D eigenvalue weighted by Crippen LogP contribution is -2.33. The highest BCUT2D eigenvalue weighted by Crippen LogP contribution is 2.27. The first-order chi connectivity index (χ1) is 16.2. The Kier molecular flexibility index (Phi) is 7.69. The maximum atomic E-state index is 13.6. The number of anilines is 2. The summed E-state index contributed by atoms with van der Waals surface area (Å²) in [5.41, 5.74) is -0.241. The molecule has 0 atom stereocenters. The predicted octanol–water partition coefficient (Wildman–Crippen LogP) is 4.65. The van der Waals surface area contributed by atoms with Gasteiger partial charge in [0.15, 0.2) is 17.5 Å². The monoisotopic (exact) mass is 492 g/mol. The molecule has 0 heterocycles. The fraction of sp³-hybridized carbons (Fsp3) is 0.0909. The zero-order valence-electron chi connectivity index (χ0n) is 17.2. The summed E-state index contributed by atoms with van der Waals surface area (Å²) in [5.74, 6) is -6.50. The van der Waals surface area contributed by atoms with Gasteiger partial charge in [0.25, 0.3) is 11.6 Å². The first kappa shape index (κ1) is 24.5. The molecule has 0 spiro atoms. The zero-order chi connectivity index (χ0) is 24.8. The first-order valence-corrected chi connectivity index (χ1v) is 10.0. The van der Waals surface area contributed by atoms with Crippen LogP contribution in [0.4, 0.5) is 30.2 Å². The Morgan fingerprint density at radius 2 is 1.68 bits per heavy atom. The Bertz CT molecular complexity index is 1270. The van der Waals surface area contributed by atoms with Gasteiger partial charge in [-0.05, 0) is 35.9 Å². The predicted molar refractivity (Wildman–Crippen MR) is 119 cm³/mol. The summed E-state index contributed by atoms with van der Waals surface area (Å²) in [5, 5.41) is 19.1. The molecule has 0 radical (unpaired) electrons. The number of nitrogens with one attached hydrogen (secondary N) is 3. The third-order valence-electron chi connectivity index (χ3n) is 4.60. The molecule has 0 unspecified atom stereocenters. The Balaban J connectivity index is 1.65. The molecule has 0 saturated carbocycles. The fourth-order valence-corrected chi connectivity index (χ4v) is 3.09. The summed E-state index contributed by atoms with van der Waals surface area (Å²) in [7, 11) is 0. The summed E-state index contributed by atoms with van der Waals surface area (Å²) in [6.45, 7) is -0.454. The molecule has 3 N–H and O–H groups in total. The minimum absolute atomic E-state index is 0.109. The van der Waals surface area contributed by atoms with Crippen molar-refractivity contribution in [2.45, 2.75) is 6.54 Å². The molecule has 34 heavy (non-hydrogen) atoms. The highest BCUT2D eigenvalue weighted by molar-refractivity contribution is 6.31. The molecule has 8 nitrogen and oxygen atoms in total. The van der Waals surface area contributed by atoms with Gasteiger partial charge in [-0.1, -0.05) is 29.8 Å². The fourth-order valence-electron chi connectivity index (χ4n) is 2.89. The summed E-state index contributed by atoms with van der Waals surface area (Å²) in [4.78, 5) is 35.1. The largest absolute Gasteiger partial charge is 0.375 e. The van der Waals surface area contributed by atoms with Crippen LogP contribution >= 0.6 is 11.6 Å². The summed E-state index contributed by atoms with van der Waals surface area (Å²) < 4.78 is 39.9. The van der Waals surface area contributed by atoms with Crippen molar-refractivity contribution in [3.63, 3.8) is 0 Å². The zero-order valence-corrected chi connectivity index (χ0v) is 18.0. The molecule has 2 amide bonds. The van der Waals surface area contributed by atoms with E-state index in [1.165, 1.54) is 12.1 Å². The van der Waals surface area contributed by atoms with Crippen LogP contribution < -0.4 is 16.0 Å². The van der Waals surface area contributed by atoms with E-state index in [1.54, 1.807) is 24.3 Å². The minimum Gasteiger partial charge on any atom is -0.375 e. The Morgan fingerprint density at radius 1 is 0.971 bits per heavy atom. The second kappa shape index (κ2) is 10.7. The normalized spacial score (nSPS) is 10.5. The highest BCUT2D eigenvalue weighted by atomic mass is 35.5. The van der Waals surface area contributed by atoms with E-state index in [2.05, 4.69) is 10.6 Å². The smallest absolute Gasteiger partial charge is 0.293 e. The number of carbonyl (C=O) groups excluding carboxylic acids is 2. The minimum atomic E-state index is -1.75. The first-order valence-electron chi connectivity index (χ1n) is 9.64. The Labute approximate surface area is 195 Å². The maximum absolute atomic E-state index is 13.6. The average molecular weight is 493 g/mol. The third kappa shape index (κ3) is 5.81. The molecule has 3 rings (SSSR count). The number of benzene rings is 3. The van der Waals surface area contributed by atoms with Gasteiger partial charge in [-0.15, -0.1) is 0 Å². The molecule has 176 valence electrons. The van der Waals surface area contributed by atoms with Crippen molar-refractivity contribution in [2.75, 3.05) is 17.2 Å². The molecule has 12 heteroatoms. The van der Waals surface area contributed by atoms with Crippen LogP contribution in [0.25, 0.3) is 0 Å². The quantitative estimate of drug-likeness (QED) is 0.241. The van der Waals surface area contributed by atoms with E-state index < -0.39 is 46.4 Å². The van der Waals surface area contributed by atoms with Gasteiger partial charge in [-0.25, -0.2) is 13.2 Å². The number of carbonyl (C=O) groups is 2. The number of amides is 2. The van der Waals surface area contributed by atoms with Crippen LogP contribution in [0.1, 0.15) is 15.9 Å². The third-order valence-corrected chi connectivity index (χ3v) is 4.97. The van der Waals surface area contributed by atoms with Gasteiger partial charge in [0.05, 0.1) is 17.2 Å². The van der Waals surface area contributed by atoms with Gasteiger partial charge >= 0.3 is 0 Å². The lowest BCUT2D eigenvalue weighted by atomic mass is 10.1. The molecule has 0 aliphatic rings. The summed E-state index contributed by atoms with van der Waals surface area (Å²) in [6.07, 6.45) is 0. The van der Waals surface area contributed by atoms with Crippen molar-refractivity contribution >= 4 is 40.5 Å². The van der Waals surface area contributed by atoms with Crippen LogP contribution in [-0.2, 0) is 11.3 Å². The van der Waals surface area contributed by atoms with Crippen LogP contribution in [0.2, 0.25) is 5.02 Å². The molecule has 0 bridgehead atoms. The van der Waals surface area contributed by atoms with Crippen molar-refractivity contribution in [2.24, 2.45) is 0 Å². The molecule has 3 aromatic rings. The van der Waals surface area contributed by atoms with E-state index in [-0.39, 0.29) is 23.5 Å². The topological polar surface area (TPSA) is 113 Å². The van der Waals surface area contributed by atoms with E-state index in [1.807, 2.05) is 5.32 Å². The van der Waals surface area contributed by atoms with Crippen LogP contribution in [0.15, 0.2) is 54.6 Å². The van der Waals surface area contributed by atoms with Gasteiger partial charge in [-0.3, -0.25) is 19.7 Å². The molecular weight excluding hydrogens is 477 g/mol. The molecular formula is C22H16ClF3N4O4. The standard InChI is InChI=1S/C22H16ClF3N4O4/c23-14-4-2-1-3-13(14)10-27-16-7-5-12(9-18(16)30(33)34)22(32)28-11-19(31)29-17-8-6-15(24)20(25)21(17)26/h1-9,27H,10-11H2,(H,28,32)(H,29,31). The average Bonchev–Trinajstić information content (AvgIpc) is 2.82. The second-order valence-corrected chi connectivity index (χ2v) is 7.29. The molecule has 0 aliphatic heterocycles. The lowest BCUT2D eigenvalue weighted by Gasteiger charge is -2.11. The van der Waals surface area contributed by atoms with Gasteiger partial charge in [0.2, 0.25) is 5.91 Å². The van der Waals surface area contributed by atoms with E-state index in [0.717, 1.165) is 12.1 Å². The number of nitrogens with zero attached hydrogens (tertiary/aromatic N) is 1. The SMILES string of the molecule is O=C(CNC(=O)c1ccc(NCc2ccccc2Cl)c([N+](=O)[O-])c1)Nc1ccc(F)c(F)c1F. The molecule has 3 aromatic carbocycles. The number of nitro groups is 1. The summed E-state index contributed by atoms with van der Waals surface area (Å²) >= 11 is 6.08. The maximum Gasteiger partial charge on any atom is 0.293 e. The van der Waals surface area contributed by atoms with Crippen LogP contribution in [0.3, 0.4) is 0 Å². The van der Waals surface area contributed by atoms with Crippen LogP contribution in [0, 0.1) is 27.6 Å². The molecule has 0 fully saturated rings. The summed E-state index contributed by atoms with van der Waals surface area (Å²) in [6, 6.07) is 12.1. The molecule has 0 saturated heterocycles. The molecule has 0 aliphatic carbocycles. The van der Waals surface area contributed by atoms with Gasteiger partial charge in [0.1, 0.15) is 5.69 Å². The van der Waals surface area contributed by atoms with Crippen molar-refractivity contribution in [3.05, 3.63) is 98.3 Å². The van der Waals surface area contributed by atoms with Crippen LogP contribution in [-0.4, -0.2) is 23.3 Å². The Hall–Kier alpha value is -4.12. The Morgan fingerprint density at radius 3 is 2.38 bits per heavy atom. The van der Waals surface area contributed by atoms with Gasteiger partial charge in [0, 0.05) is 23.2 Å². The molecule has 0 aromatic heterocycles. The van der Waals surface area contributed by atoms with Gasteiger partial charge < -0.3 is 16.0 Å². The highest BCUT2D eigenvalue weighted by Gasteiger charge is 2.19. The van der Waals surface area contributed by atoms with E-state index >= 15 is 0 Å². The van der Waals surface area contributed by atoms with E-state index in [4.69, 9.17) is 11.6 Å². The lowest BCUT2D eigenvalue weighted by molar-refractivity contribution is -0.384. The van der Waals surface area contributed by atoms with Crippen LogP contribution in [0.5, 0.6) is 0 Å². The second-order valence-electron chi connectivity index (χ2n) is 6.89. The number of hydrogen-bond acceptors (Lipinski definition) is 5. The van der Waals surface area contributed by atoms with E-state index in [9.17, 15) is 32.9 Å². The van der Waals surface area contributed by atoms with Crippen molar-refractivity contribution in [1.82, 2.24) is 5.32 Å². The number of nitro benzene ring substituents is 1. The number of hydrogen-bond donors (Lipinski definition) is 3. The van der Waals surface area contributed by atoms with Crippen molar-refractivity contribution < 1.29 is 27.7 Å². The van der Waals surface area contributed by atoms with E-state index in [0.29, 0.717) is 16.7 Å². The number of halogens is 4.